The highest BCUT2D eigenvalue weighted by atomic mass is 32.1. The zero-order valence-electron chi connectivity index (χ0n) is 7.01. The highest BCUT2D eigenvalue weighted by Gasteiger charge is 2.25. The van der Waals surface area contributed by atoms with Gasteiger partial charge in [-0.15, -0.1) is 0 Å². The summed E-state index contributed by atoms with van der Waals surface area (Å²) in [6.45, 7) is 4.75. The largest absolute Gasteiger partial charge is 0.179 e. The lowest BCUT2D eigenvalue weighted by Crippen LogP contribution is -2.25. The van der Waals surface area contributed by atoms with Crippen LogP contribution in [0.4, 0.5) is 0 Å². The Hall–Kier alpha value is 0.350. The van der Waals surface area contributed by atoms with Crippen LogP contribution in [0.15, 0.2) is 0 Å². The number of rotatable bonds is 1. The highest BCUT2D eigenvalue weighted by molar-refractivity contribution is 7.80. The molecule has 0 radical (unpaired) electrons. The second-order valence-electron chi connectivity index (χ2n) is 3.71. The van der Waals surface area contributed by atoms with E-state index in [1.165, 1.54) is 19.3 Å². The molecule has 0 aromatic carbocycles. The van der Waals surface area contributed by atoms with Crippen LogP contribution >= 0.6 is 12.6 Å². The molecule has 0 aromatic rings. The van der Waals surface area contributed by atoms with Crippen molar-refractivity contribution in [2.75, 3.05) is 5.75 Å². The molecule has 0 aliphatic heterocycles. The van der Waals surface area contributed by atoms with Gasteiger partial charge in [0.05, 0.1) is 0 Å². The van der Waals surface area contributed by atoms with Crippen molar-refractivity contribution >= 4 is 12.6 Å². The molecule has 0 aromatic heterocycles. The predicted octanol–water partition coefficient (Wildman–Crippen LogP) is 2.99. The minimum Gasteiger partial charge on any atom is -0.179 e. The molecule has 3 atom stereocenters. The first-order chi connectivity index (χ1) is 4.75. The maximum Gasteiger partial charge on any atom is -0.00669 e. The van der Waals surface area contributed by atoms with E-state index in [1.54, 1.807) is 0 Å². The van der Waals surface area contributed by atoms with Crippen LogP contribution in [0.25, 0.3) is 0 Å². The summed E-state index contributed by atoms with van der Waals surface area (Å²) in [6, 6.07) is 0. The average molecular weight is 158 g/mol. The maximum absolute atomic E-state index is 4.36. The molecule has 1 aliphatic carbocycles. The summed E-state index contributed by atoms with van der Waals surface area (Å²) in [5.41, 5.74) is 0. The van der Waals surface area contributed by atoms with Gasteiger partial charge in [0.15, 0.2) is 0 Å². The molecule has 0 amide bonds. The molecule has 1 saturated carbocycles. The van der Waals surface area contributed by atoms with E-state index < -0.39 is 0 Å². The minimum absolute atomic E-state index is 0.895. The normalized spacial score (nSPS) is 41.7. The Morgan fingerprint density at radius 1 is 1.30 bits per heavy atom. The molecular weight excluding hydrogens is 140 g/mol. The van der Waals surface area contributed by atoms with Crippen LogP contribution in [0.1, 0.15) is 33.1 Å². The van der Waals surface area contributed by atoms with Gasteiger partial charge in [-0.2, -0.15) is 12.6 Å². The summed E-state index contributed by atoms with van der Waals surface area (Å²) in [6.07, 6.45) is 4.27. The molecule has 3 unspecified atom stereocenters. The van der Waals surface area contributed by atoms with Crippen molar-refractivity contribution in [2.24, 2.45) is 17.8 Å². The first-order valence-corrected chi connectivity index (χ1v) is 4.99. The van der Waals surface area contributed by atoms with Crippen molar-refractivity contribution < 1.29 is 0 Å². The molecule has 60 valence electrons. The molecule has 0 bridgehead atoms. The van der Waals surface area contributed by atoms with E-state index in [0.717, 1.165) is 23.5 Å². The fraction of sp³-hybridized carbons (Fsp3) is 1.00. The lowest BCUT2D eigenvalue weighted by atomic mass is 9.75. The Morgan fingerprint density at radius 3 is 2.50 bits per heavy atom. The van der Waals surface area contributed by atoms with E-state index in [0.29, 0.717) is 0 Å². The molecule has 1 rings (SSSR count). The Bertz CT molecular complexity index is 101. The first kappa shape index (κ1) is 8.45. The van der Waals surface area contributed by atoms with Crippen LogP contribution in [0, 0.1) is 17.8 Å². The van der Waals surface area contributed by atoms with Gasteiger partial charge in [0.2, 0.25) is 0 Å². The van der Waals surface area contributed by atoms with Crippen LogP contribution in [0.3, 0.4) is 0 Å². The average Bonchev–Trinajstić information content (AvgIpc) is 1.95. The molecule has 0 heterocycles. The quantitative estimate of drug-likeness (QED) is 0.557. The SMILES string of the molecule is CC1CCCC(CS)C1C. The zero-order valence-corrected chi connectivity index (χ0v) is 7.90. The van der Waals surface area contributed by atoms with Gasteiger partial charge in [0, 0.05) is 0 Å². The van der Waals surface area contributed by atoms with Gasteiger partial charge >= 0.3 is 0 Å². The van der Waals surface area contributed by atoms with Gasteiger partial charge in [-0.05, 0) is 29.9 Å². The van der Waals surface area contributed by atoms with Crippen LogP contribution in [-0.2, 0) is 0 Å². The number of hydrogen-bond acceptors (Lipinski definition) is 1. The monoisotopic (exact) mass is 158 g/mol. The zero-order chi connectivity index (χ0) is 7.56. The summed E-state index contributed by atoms with van der Waals surface area (Å²) in [4.78, 5) is 0. The third-order valence-electron chi connectivity index (χ3n) is 3.11. The van der Waals surface area contributed by atoms with Gasteiger partial charge < -0.3 is 0 Å². The molecule has 1 aliphatic rings. The van der Waals surface area contributed by atoms with Gasteiger partial charge in [-0.1, -0.05) is 26.7 Å². The van der Waals surface area contributed by atoms with Crippen LogP contribution in [-0.4, -0.2) is 5.75 Å². The Kier molecular flexibility index (Phi) is 3.09. The second kappa shape index (κ2) is 3.66. The van der Waals surface area contributed by atoms with E-state index in [9.17, 15) is 0 Å². The molecule has 1 heteroatoms. The predicted molar refractivity (Wildman–Crippen MR) is 49.5 cm³/mol. The van der Waals surface area contributed by atoms with Crippen molar-refractivity contribution in [3.8, 4) is 0 Å². The minimum atomic E-state index is 0.895. The fourth-order valence-corrected chi connectivity index (χ4v) is 2.47. The molecule has 10 heavy (non-hydrogen) atoms. The summed E-state index contributed by atoms with van der Waals surface area (Å²) in [7, 11) is 0. The standard InChI is InChI=1S/C9H18S/c1-7-4-3-5-9(6-10)8(7)2/h7-10H,3-6H2,1-2H3. The van der Waals surface area contributed by atoms with Crippen molar-refractivity contribution in [1.29, 1.82) is 0 Å². The Balaban J connectivity index is 2.42. The van der Waals surface area contributed by atoms with Crippen LogP contribution in [0.5, 0.6) is 0 Å². The van der Waals surface area contributed by atoms with Crippen molar-refractivity contribution in [2.45, 2.75) is 33.1 Å². The summed E-state index contributed by atoms with van der Waals surface area (Å²) >= 11 is 4.36. The van der Waals surface area contributed by atoms with Gasteiger partial charge in [-0.3, -0.25) is 0 Å². The third-order valence-corrected chi connectivity index (χ3v) is 3.58. The Morgan fingerprint density at radius 2 is 2.00 bits per heavy atom. The molecule has 0 N–H and O–H groups in total. The summed E-state index contributed by atoms with van der Waals surface area (Å²) in [5.74, 6) is 3.83. The topological polar surface area (TPSA) is 0 Å². The van der Waals surface area contributed by atoms with Crippen molar-refractivity contribution in [3.63, 3.8) is 0 Å². The van der Waals surface area contributed by atoms with Gasteiger partial charge in [-0.25, -0.2) is 0 Å². The van der Waals surface area contributed by atoms with E-state index in [2.05, 4.69) is 26.5 Å². The van der Waals surface area contributed by atoms with Crippen molar-refractivity contribution in [3.05, 3.63) is 0 Å². The van der Waals surface area contributed by atoms with Crippen LogP contribution in [0.2, 0.25) is 0 Å². The van der Waals surface area contributed by atoms with Gasteiger partial charge in [0.25, 0.3) is 0 Å². The number of hydrogen-bond donors (Lipinski definition) is 1. The van der Waals surface area contributed by atoms with E-state index >= 15 is 0 Å². The third kappa shape index (κ3) is 1.69. The maximum atomic E-state index is 4.36. The summed E-state index contributed by atoms with van der Waals surface area (Å²) in [5, 5.41) is 0. The number of thiol groups is 1. The lowest BCUT2D eigenvalue weighted by Gasteiger charge is -2.33. The van der Waals surface area contributed by atoms with Crippen molar-refractivity contribution in [1.82, 2.24) is 0 Å². The van der Waals surface area contributed by atoms with E-state index in [1.807, 2.05) is 0 Å². The second-order valence-corrected chi connectivity index (χ2v) is 4.08. The van der Waals surface area contributed by atoms with Crippen LogP contribution < -0.4 is 0 Å². The fourth-order valence-electron chi connectivity index (χ4n) is 1.95. The summed E-state index contributed by atoms with van der Waals surface area (Å²) < 4.78 is 0. The van der Waals surface area contributed by atoms with E-state index in [4.69, 9.17) is 0 Å². The van der Waals surface area contributed by atoms with E-state index in [-0.39, 0.29) is 0 Å². The van der Waals surface area contributed by atoms with Gasteiger partial charge in [0.1, 0.15) is 0 Å². The molecule has 0 saturated heterocycles. The molecular formula is C9H18S. The molecule has 1 fully saturated rings. The lowest BCUT2D eigenvalue weighted by molar-refractivity contribution is 0.201. The highest BCUT2D eigenvalue weighted by Crippen LogP contribution is 2.34. The first-order valence-electron chi connectivity index (χ1n) is 4.36. The smallest absolute Gasteiger partial charge is 0.00669 e. The molecule has 0 spiro atoms. The molecule has 0 nitrogen and oxygen atoms in total. The Labute approximate surface area is 69.8 Å².